The van der Waals surface area contributed by atoms with Crippen LogP contribution in [-0.2, 0) is 0 Å². The Morgan fingerprint density at radius 3 is 2.79 bits per heavy atom. The molecule has 19 heavy (non-hydrogen) atoms. The Hall–Kier alpha value is -2.48. The molecule has 1 aromatic carbocycles. The van der Waals surface area contributed by atoms with E-state index in [1.54, 1.807) is 31.6 Å². The standard InChI is InChI=1S/C14H13FN4/c1-9-12(15)5-11(7-16)6-13(9)19-10(2)14-8-17-3-4-18-14/h3-6,8,10,19H,1-2H3. The second kappa shape index (κ2) is 5.44. The lowest BCUT2D eigenvalue weighted by Crippen LogP contribution is -2.10. The summed E-state index contributed by atoms with van der Waals surface area (Å²) in [6, 6.07) is 4.68. The molecular weight excluding hydrogens is 243 g/mol. The summed E-state index contributed by atoms with van der Waals surface area (Å²) in [4.78, 5) is 8.18. The molecule has 0 spiro atoms. The smallest absolute Gasteiger partial charge is 0.129 e. The Kier molecular flexibility index (Phi) is 3.71. The van der Waals surface area contributed by atoms with Gasteiger partial charge in [-0.25, -0.2) is 4.39 Å². The van der Waals surface area contributed by atoms with Crippen molar-refractivity contribution in [2.24, 2.45) is 0 Å². The molecule has 0 aliphatic rings. The molecule has 1 aromatic heterocycles. The molecule has 1 heterocycles. The van der Waals surface area contributed by atoms with Crippen LogP contribution >= 0.6 is 0 Å². The predicted molar refractivity (Wildman–Crippen MR) is 69.9 cm³/mol. The van der Waals surface area contributed by atoms with Gasteiger partial charge in [-0.15, -0.1) is 0 Å². The van der Waals surface area contributed by atoms with Gasteiger partial charge in [0, 0.05) is 23.6 Å². The van der Waals surface area contributed by atoms with E-state index in [1.165, 1.54) is 6.07 Å². The van der Waals surface area contributed by atoms with E-state index >= 15 is 0 Å². The maximum absolute atomic E-state index is 13.7. The topological polar surface area (TPSA) is 61.6 Å². The first-order chi connectivity index (χ1) is 9.11. The van der Waals surface area contributed by atoms with Gasteiger partial charge in [-0.05, 0) is 26.0 Å². The third kappa shape index (κ3) is 2.86. The van der Waals surface area contributed by atoms with Crippen LogP contribution in [-0.4, -0.2) is 9.97 Å². The van der Waals surface area contributed by atoms with Crippen LogP contribution in [0.2, 0.25) is 0 Å². The van der Waals surface area contributed by atoms with Crippen molar-refractivity contribution in [3.8, 4) is 6.07 Å². The van der Waals surface area contributed by atoms with Crippen molar-refractivity contribution in [3.05, 3.63) is 53.4 Å². The van der Waals surface area contributed by atoms with Crippen LogP contribution in [0.15, 0.2) is 30.7 Å². The lowest BCUT2D eigenvalue weighted by Gasteiger charge is -2.16. The molecule has 4 nitrogen and oxygen atoms in total. The first-order valence-electron chi connectivity index (χ1n) is 5.84. The monoisotopic (exact) mass is 256 g/mol. The Morgan fingerprint density at radius 1 is 1.37 bits per heavy atom. The van der Waals surface area contributed by atoms with Crippen molar-refractivity contribution in [1.82, 2.24) is 9.97 Å². The lowest BCUT2D eigenvalue weighted by atomic mass is 10.1. The van der Waals surface area contributed by atoms with Crippen molar-refractivity contribution < 1.29 is 4.39 Å². The maximum Gasteiger partial charge on any atom is 0.129 e. The Bertz CT molecular complexity index is 619. The number of halogens is 1. The second-order valence-corrected chi connectivity index (χ2v) is 4.24. The van der Waals surface area contributed by atoms with E-state index < -0.39 is 5.82 Å². The fraction of sp³-hybridized carbons (Fsp3) is 0.214. The molecule has 96 valence electrons. The van der Waals surface area contributed by atoms with Gasteiger partial charge in [0.2, 0.25) is 0 Å². The van der Waals surface area contributed by atoms with Gasteiger partial charge in [0.15, 0.2) is 0 Å². The normalized spacial score (nSPS) is 11.7. The SMILES string of the molecule is Cc1c(F)cc(C#N)cc1NC(C)c1cnccn1. The van der Waals surface area contributed by atoms with Crippen LogP contribution in [0.3, 0.4) is 0 Å². The lowest BCUT2D eigenvalue weighted by molar-refractivity contribution is 0.618. The molecule has 0 radical (unpaired) electrons. The van der Waals surface area contributed by atoms with E-state index in [0.717, 1.165) is 5.69 Å². The third-order valence-electron chi connectivity index (χ3n) is 2.87. The highest BCUT2D eigenvalue weighted by Crippen LogP contribution is 2.24. The van der Waals surface area contributed by atoms with Crippen LogP contribution in [0.4, 0.5) is 10.1 Å². The molecule has 0 aliphatic carbocycles. The molecule has 2 rings (SSSR count). The van der Waals surface area contributed by atoms with Crippen LogP contribution in [0, 0.1) is 24.1 Å². The summed E-state index contributed by atoms with van der Waals surface area (Å²) in [5.41, 5.74) is 2.12. The highest BCUT2D eigenvalue weighted by Gasteiger charge is 2.11. The molecule has 5 heteroatoms. The van der Waals surface area contributed by atoms with Crippen molar-refractivity contribution in [1.29, 1.82) is 5.26 Å². The summed E-state index contributed by atoms with van der Waals surface area (Å²) in [5.74, 6) is -0.395. The molecule has 0 aliphatic heterocycles. The van der Waals surface area contributed by atoms with Crippen LogP contribution in [0.25, 0.3) is 0 Å². The highest BCUT2D eigenvalue weighted by atomic mass is 19.1. The molecule has 1 N–H and O–H groups in total. The van der Waals surface area contributed by atoms with E-state index in [1.807, 2.05) is 13.0 Å². The second-order valence-electron chi connectivity index (χ2n) is 4.24. The van der Waals surface area contributed by atoms with Gasteiger partial charge in [-0.1, -0.05) is 0 Å². The molecule has 0 saturated carbocycles. The van der Waals surface area contributed by atoms with Crippen LogP contribution < -0.4 is 5.32 Å². The Balaban J connectivity index is 2.29. The number of nitriles is 1. The van der Waals surface area contributed by atoms with Crippen molar-refractivity contribution in [3.63, 3.8) is 0 Å². The summed E-state index contributed by atoms with van der Waals surface area (Å²) >= 11 is 0. The van der Waals surface area contributed by atoms with E-state index in [4.69, 9.17) is 5.26 Å². The number of hydrogen-bond donors (Lipinski definition) is 1. The van der Waals surface area contributed by atoms with Gasteiger partial charge in [0.05, 0.1) is 29.6 Å². The Morgan fingerprint density at radius 2 is 2.16 bits per heavy atom. The zero-order chi connectivity index (χ0) is 13.8. The first-order valence-corrected chi connectivity index (χ1v) is 5.84. The summed E-state index contributed by atoms with van der Waals surface area (Å²) in [6.45, 7) is 3.57. The molecule has 0 saturated heterocycles. The van der Waals surface area contributed by atoms with E-state index in [-0.39, 0.29) is 11.6 Å². The van der Waals surface area contributed by atoms with Gasteiger partial charge in [0.1, 0.15) is 5.82 Å². The summed E-state index contributed by atoms with van der Waals surface area (Å²) in [7, 11) is 0. The van der Waals surface area contributed by atoms with Gasteiger partial charge in [0.25, 0.3) is 0 Å². The minimum absolute atomic E-state index is 0.124. The van der Waals surface area contributed by atoms with E-state index in [9.17, 15) is 4.39 Å². The number of nitrogens with zero attached hydrogens (tertiary/aromatic N) is 3. The molecule has 1 atom stereocenters. The molecule has 0 bridgehead atoms. The summed E-state index contributed by atoms with van der Waals surface area (Å²) in [5, 5.41) is 12.0. The average Bonchev–Trinajstić information content (AvgIpc) is 2.44. The van der Waals surface area contributed by atoms with Crippen LogP contribution in [0.1, 0.15) is 29.8 Å². The van der Waals surface area contributed by atoms with E-state index in [2.05, 4.69) is 15.3 Å². The molecular formula is C14H13FN4. The highest BCUT2D eigenvalue weighted by molar-refractivity contribution is 5.56. The molecule has 0 amide bonds. The third-order valence-corrected chi connectivity index (χ3v) is 2.87. The number of aromatic nitrogens is 2. The van der Waals surface area contributed by atoms with Gasteiger partial charge >= 0.3 is 0 Å². The Labute approximate surface area is 110 Å². The molecule has 2 aromatic rings. The minimum Gasteiger partial charge on any atom is -0.377 e. The fourth-order valence-electron chi connectivity index (χ4n) is 1.73. The molecule has 0 fully saturated rings. The minimum atomic E-state index is -0.395. The van der Waals surface area contributed by atoms with Gasteiger partial charge < -0.3 is 5.32 Å². The summed E-state index contributed by atoms with van der Waals surface area (Å²) in [6.07, 6.45) is 4.85. The largest absolute Gasteiger partial charge is 0.377 e. The number of rotatable bonds is 3. The fourth-order valence-corrected chi connectivity index (χ4v) is 1.73. The van der Waals surface area contributed by atoms with Gasteiger partial charge in [-0.3, -0.25) is 9.97 Å². The van der Waals surface area contributed by atoms with E-state index in [0.29, 0.717) is 11.3 Å². The number of hydrogen-bond acceptors (Lipinski definition) is 4. The zero-order valence-corrected chi connectivity index (χ0v) is 10.7. The molecule has 1 unspecified atom stereocenters. The average molecular weight is 256 g/mol. The number of nitrogens with one attached hydrogen (secondary N) is 1. The first kappa shape index (κ1) is 13.0. The van der Waals surface area contributed by atoms with Crippen molar-refractivity contribution >= 4 is 5.69 Å². The van der Waals surface area contributed by atoms with Crippen molar-refractivity contribution in [2.75, 3.05) is 5.32 Å². The van der Waals surface area contributed by atoms with Crippen molar-refractivity contribution in [2.45, 2.75) is 19.9 Å². The van der Waals surface area contributed by atoms with Gasteiger partial charge in [-0.2, -0.15) is 5.26 Å². The predicted octanol–water partition coefficient (Wildman–Crippen LogP) is 2.97. The maximum atomic E-state index is 13.7. The quantitative estimate of drug-likeness (QED) is 0.917. The summed E-state index contributed by atoms with van der Waals surface area (Å²) < 4.78 is 13.7. The number of anilines is 1. The number of benzene rings is 1. The van der Waals surface area contributed by atoms with Crippen LogP contribution in [0.5, 0.6) is 0 Å². The zero-order valence-electron chi connectivity index (χ0n) is 10.7.